The third-order valence-corrected chi connectivity index (χ3v) is 4.79. The second kappa shape index (κ2) is 6.73. The molecule has 0 heterocycles. The summed E-state index contributed by atoms with van der Waals surface area (Å²) in [7, 11) is 0. The van der Waals surface area contributed by atoms with Crippen LogP contribution in [0.4, 0.5) is 0 Å². The molecule has 1 amide bonds. The summed E-state index contributed by atoms with van der Waals surface area (Å²) in [6.07, 6.45) is 2.43. The van der Waals surface area contributed by atoms with Gasteiger partial charge in [0.05, 0.1) is 0 Å². The van der Waals surface area contributed by atoms with Gasteiger partial charge in [-0.1, -0.05) is 41.9 Å². The number of hydrogen-bond donors (Lipinski definition) is 1. The Morgan fingerprint density at radius 2 is 2.00 bits per heavy atom. The van der Waals surface area contributed by atoms with Gasteiger partial charge < -0.3 is 5.73 Å². The molecule has 23 heavy (non-hydrogen) atoms. The van der Waals surface area contributed by atoms with E-state index in [9.17, 15) is 4.79 Å². The van der Waals surface area contributed by atoms with Crippen molar-refractivity contribution in [1.82, 2.24) is 4.90 Å². The van der Waals surface area contributed by atoms with Gasteiger partial charge in [0.1, 0.15) is 0 Å². The number of halogens is 1. The molecule has 2 aromatic carbocycles. The Kier molecular flexibility index (Phi) is 4.69. The first-order valence-electron chi connectivity index (χ1n) is 7.95. The number of carbonyl (C=O) groups is 1. The molecule has 120 valence electrons. The van der Waals surface area contributed by atoms with E-state index in [1.54, 1.807) is 6.07 Å². The van der Waals surface area contributed by atoms with Gasteiger partial charge in [-0.15, -0.1) is 0 Å². The summed E-state index contributed by atoms with van der Waals surface area (Å²) in [5, 5.41) is 0.802. The van der Waals surface area contributed by atoms with Crippen LogP contribution >= 0.6 is 11.6 Å². The molecule has 1 fully saturated rings. The van der Waals surface area contributed by atoms with Crippen molar-refractivity contribution in [1.29, 1.82) is 0 Å². The SMILES string of the molecule is C[C@@H](c1ccccc1Cl)N(Cc1cccc(C(N)=O)c1)C1CC1. The first-order valence-corrected chi connectivity index (χ1v) is 8.33. The fourth-order valence-corrected chi connectivity index (χ4v) is 3.31. The van der Waals surface area contributed by atoms with Crippen LogP contribution in [0.5, 0.6) is 0 Å². The Balaban J connectivity index is 1.84. The van der Waals surface area contributed by atoms with E-state index in [4.69, 9.17) is 17.3 Å². The molecule has 1 aliphatic rings. The first kappa shape index (κ1) is 16.0. The molecule has 0 aliphatic heterocycles. The number of hydrogen-bond acceptors (Lipinski definition) is 2. The summed E-state index contributed by atoms with van der Waals surface area (Å²) in [4.78, 5) is 13.8. The number of carbonyl (C=O) groups excluding carboxylic acids is 1. The Bertz CT molecular complexity index is 712. The average molecular weight is 329 g/mol. The highest BCUT2D eigenvalue weighted by Crippen LogP contribution is 2.37. The molecule has 0 saturated heterocycles. The van der Waals surface area contributed by atoms with Crippen molar-refractivity contribution in [2.75, 3.05) is 0 Å². The molecule has 1 saturated carbocycles. The van der Waals surface area contributed by atoms with E-state index in [-0.39, 0.29) is 11.9 Å². The maximum atomic E-state index is 11.4. The van der Waals surface area contributed by atoms with Crippen LogP contribution in [-0.2, 0) is 6.54 Å². The van der Waals surface area contributed by atoms with E-state index >= 15 is 0 Å². The zero-order valence-electron chi connectivity index (χ0n) is 13.2. The average Bonchev–Trinajstić information content (AvgIpc) is 3.37. The third-order valence-electron chi connectivity index (χ3n) is 4.45. The maximum Gasteiger partial charge on any atom is 0.248 e. The Hall–Kier alpha value is -1.84. The van der Waals surface area contributed by atoms with Crippen LogP contribution in [0.25, 0.3) is 0 Å². The van der Waals surface area contributed by atoms with Gasteiger partial charge in [0.25, 0.3) is 0 Å². The van der Waals surface area contributed by atoms with Crippen molar-refractivity contribution in [3.8, 4) is 0 Å². The van der Waals surface area contributed by atoms with Gasteiger partial charge in [0.2, 0.25) is 5.91 Å². The molecule has 0 spiro atoms. The summed E-state index contributed by atoms with van der Waals surface area (Å²) in [5.41, 5.74) is 8.19. The lowest BCUT2D eigenvalue weighted by Crippen LogP contribution is -2.29. The number of benzene rings is 2. The van der Waals surface area contributed by atoms with Crippen LogP contribution in [0, 0.1) is 0 Å². The smallest absolute Gasteiger partial charge is 0.248 e. The molecule has 3 nitrogen and oxygen atoms in total. The summed E-state index contributed by atoms with van der Waals surface area (Å²) in [5.74, 6) is -0.385. The minimum atomic E-state index is -0.385. The quantitative estimate of drug-likeness (QED) is 0.865. The van der Waals surface area contributed by atoms with Crippen molar-refractivity contribution >= 4 is 17.5 Å². The molecular weight excluding hydrogens is 308 g/mol. The fourth-order valence-electron chi connectivity index (χ4n) is 3.01. The van der Waals surface area contributed by atoms with Crippen molar-refractivity contribution in [2.24, 2.45) is 5.73 Å². The van der Waals surface area contributed by atoms with E-state index in [2.05, 4.69) is 17.9 Å². The molecular formula is C19H21ClN2O. The van der Waals surface area contributed by atoms with Crippen LogP contribution in [0.2, 0.25) is 5.02 Å². The summed E-state index contributed by atoms with van der Waals surface area (Å²) in [6, 6.07) is 16.4. The number of rotatable bonds is 6. The standard InChI is InChI=1S/C19H21ClN2O/c1-13(17-7-2-3-8-18(17)20)22(16-9-10-16)12-14-5-4-6-15(11-14)19(21)23/h2-8,11,13,16H,9-10,12H2,1H3,(H2,21,23)/t13-/m0/s1. The predicted molar refractivity (Wildman–Crippen MR) is 93.4 cm³/mol. The number of amides is 1. The molecule has 1 aliphatic carbocycles. The third kappa shape index (κ3) is 3.74. The Morgan fingerprint density at radius 1 is 1.26 bits per heavy atom. The normalized spacial score (nSPS) is 15.6. The highest BCUT2D eigenvalue weighted by atomic mass is 35.5. The van der Waals surface area contributed by atoms with Crippen LogP contribution in [0.15, 0.2) is 48.5 Å². The molecule has 2 aromatic rings. The molecule has 4 heteroatoms. The second-order valence-electron chi connectivity index (χ2n) is 6.17. The Morgan fingerprint density at radius 3 is 2.65 bits per heavy atom. The van der Waals surface area contributed by atoms with Crippen LogP contribution in [-0.4, -0.2) is 16.8 Å². The van der Waals surface area contributed by atoms with Crippen molar-refractivity contribution in [2.45, 2.75) is 38.4 Å². The zero-order chi connectivity index (χ0) is 16.4. The van der Waals surface area contributed by atoms with Gasteiger partial charge in [-0.05, 0) is 49.1 Å². The first-order chi connectivity index (χ1) is 11.1. The number of nitrogens with two attached hydrogens (primary N) is 1. The number of primary amides is 1. The summed E-state index contributed by atoms with van der Waals surface area (Å²) in [6.45, 7) is 2.98. The van der Waals surface area contributed by atoms with Crippen LogP contribution in [0.3, 0.4) is 0 Å². The van der Waals surface area contributed by atoms with Gasteiger partial charge in [0.15, 0.2) is 0 Å². The Labute approximate surface area is 142 Å². The van der Waals surface area contributed by atoms with Gasteiger partial charge in [-0.2, -0.15) is 0 Å². The van der Waals surface area contributed by atoms with E-state index in [1.165, 1.54) is 12.8 Å². The predicted octanol–water partition coefficient (Wildman–Crippen LogP) is 4.16. The van der Waals surface area contributed by atoms with Crippen molar-refractivity contribution in [3.63, 3.8) is 0 Å². The lowest BCUT2D eigenvalue weighted by Gasteiger charge is -2.30. The lowest BCUT2D eigenvalue weighted by molar-refractivity contribution is 0.1000. The second-order valence-corrected chi connectivity index (χ2v) is 6.57. The lowest BCUT2D eigenvalue weighted by atomic mass is 10.0. The van der Waals surface area contributed by atoms with Gasteiger partial charge in [-0.25, -0.2) is 0 Å². The van der Waals surface area contributed by atoms with Gasteiger partial charge in [0, 0.05) is 29.2 Å². The summed E-state index contributed by atoms with van der Waals surface area (Å²) >= 11 is 6.37. The highest BCUT2D eigenvalue weighted by molar-refractivity contribution is 6.31. The topological polar surface area (TPSA) is 46.3 Å². The van der Waals surface area contributed by atoms with E-state index in [0.29, 0.717) is 11.6 Å². The largest absolute Gasteiger partial charge is 0.366 e. The molecule has 1 atom stereocenters. The number of nitrogens with zero attached hydrogens (tertiary/aromatic N) is 1. The molecule has 2 N–H and O–H groups in total. The van der Waals surface area contributed by atoms with E-state index in [1.807, 2.05) is 36.4 Å². The van der Waals surface area contributed by atoms with E-state index in [0.717, 1.165) is 22.7 Å². The van der Waals surface area contributed by atoms with Crippen molar-refractivity contribution in [3.05, 3.63) is 70.2 Å². The molecule has 3 rings (SSSR count). The molecule has 0 bridgehead atoms. The fraction of sp³-hybridized carbons (Fsp3) is 0.316. The van der Waals surface area contributed by atoms with Gasteiger partial charge >= 0.3 is 0 Å². The molecule has 0 radical (unpaired) electrons. The van der Waals surface area contributed by atoms with Crippen molar-refractivity contribution < 1.29 is 4.79 Å². The maximum absolute atomic E-state index is 11.4. The highest BCUT2D eigenvalue weighted by Gasteiger charge is 2.33. The molecule has 0 unspecified atom stereocenters. The minimum absolute atomic E-state index is 0.230. The zero-order valence-corrected chi connectivity index (χ0v) is 14.0. The molecule has 0 aromatic heterocycles. The monoisotopic (exact) mass is 328 g/mol. The summed E-state index contributed by atoms with van der Waals surface area (Å²) < 4.78 is 0. The van der Waals surface area contributed by atoms with Crippen LogP contribution < -0.4 is 5.73 Å². The van der Waals surface area contributed by atoms with Gasteiger partial charge in [-0.3, -0.25) is 9.69 Å². The van der Waals surface area contributed by atoms with Crippen LogP contribution in [0.1, 0.15) is 47.3 Å². The minimum Gasteiger partial charge on any atom is -0.366 e. The van der Waals surface area contributed by atoms with E-state index < -0.39 is 0 Å².